The van der Waals surface area contributed by atoms with Gasteiger partial charge in [0.1, 0.15) is 17.9 Å². The molecule has 1 saturated heterocycles. The van der Waals surface area contributed by atoms with Gasteiger partial charge in [0.15, 0.2) is 0 Å². The molecule has 0 saturated carbocycles. The van der Waals surface area contributed by atoms with Gasteiger partial charge in [-0.05, 0) is 66.9 Å². The molecular weight excluding hydrogens is 484 g/mol. The number of carbonyl (C=O) groups is 3. The number of halogens is 1. The van der Waals surface area contributed by atoms with Gasteiger partial charge in [-0.15, -0.1) is 0 Å². The van der Waals surface area contributed by atoms with Crippen molar-refractivity contribution in [3.8, 4) is 5.75 Å². The van der Waals surface area contributed by atoms with Crippen LogP contribution in [0.5, 0.6) is 5.75 Å². The maximum absolute atomic E-state index is 13.2. The first-order chi connectivity index (χ1) is 15.8. The number of nitrogens with zero attached hydrogens (tertiary/aromatic N) is 1. The molecule has 1 fully saturated rings. The summed E-state index contributed by atoms with van der Waals surface area (Å²) in [5.74, 6) is -0.909. The minimum atomic E-state index is -0.771. The Morgan fingerprint density at radius 1 is 0.939 bits per heavy atom. The van der Waals surface area contributed by atoms with Crippen molar-refractivity contribution in [1.82, 2.24) is 5.32 Å². The molecule has 0 atom stereocenters. The number of aryl methyl sites for hydroxylation is 2. The molecule has 4 amide bonds. The number of anilines is 1. The van der Waals surface area contributed by atoms with Crippen LogP contribution in [-0.4, -0.2) is 17.8 Å². The molecule has 1 N–H and O–H groups in total. The van der Waals surface area contributed by atoms with Crippen molar-refractivity contribution in [2.45, 2.75) is 20.5 Å². The zero-order chi connectivity index (χ0) is 23.5. The zero-order valence-corrected chi connectivity index (χ0v) is 19.7. The lowest BCUT2D eigenvalue weighted by Gasteiger charge is -2.27. The normalized spacial score (nSPS) is 15.1. The summed E-state index contributed by atoms with van der Waals surface area (Å²) in [6.45, 7) is 4.08. The fourth-order valence-electron chi connectivity index (χ4n) is 3.60. The maximum Gasteiger partial charge on any atom is 0.335 e. The molecule has 6 nitrogen and oxygen atoms in total. The van der Waals surface area contributed by atoms with Crippen molar-refractivity contribution in [2.75, 3.05) is 4.90 Å². The standard InChI is InChI=1S/C26H21BrN2O4/c1-16-11-17(2)13-21(12-16)29-25(31)22(24(30)28-26(29)32)14-19-5-3-4-6-23(19)33-15-18-7-9-20(27)10-8-18/h3-14H,15H2,1-2H3,(H,28,30,32)/b22-14+. The van der Waals surface area contributed by atoms with Gasteiger partial charge < -0.3 is 4.74 Å². The first-order valence-electron chi connectivity index (χ1n) is 10.3. The van der Waals surface area contributed by atoms with Crippen LogP contribution in [0.4, 0.5) is 10.5 Å². The van der Waals surface area contributed by atoms with Gasteiger partial charge in [0.25, 0.3) is 11.8 Å². The molecule has 1 aliphatic rings. The van der Waals surface area contributed by atoms with Gasteiger partial charge in [0.05, 0.1) is 5.69 Å². The molecule has 3 aromatic carbocycles. The number of nitrogens with one attached hydrogen (secondary N) is 1. The molecule has 0 unspecified atom stereocenters. The topological polar surface area (TPSA) is 75.7 Å². The van der Waals surface area contributed by atoms with E-state index in [2.05, 4.69) is 21.2 Å². The number of benzene rings is 3. The lowest BCUT2D eigenvalue weighted by Crippen LogP contribution is -2.54. The van der Waals surface area contributed by atoms with Crippen LogP contribution in [0.3, 0.4) is 0 Å². The smallest absolute Gasteiger partial charge is 0.335 e. The second-order valence-corrected chi connectivity index (χ2v) is 8.67. The number of ether oxygens (including phenoxy) is 1. The summed E-state index contributed by atoms with van der Waals surface area (Å²) in [5.41, 5.74) is 3.60. The number of para-hydroxylation sites is 1. The monoisotopic (exact) mass is 504 g/mol. The average Bonchev–Trinajstić information content (AvgIpc) is 2.76. The van der Waals surface area contributed by atoms with Crippen LogP contribution in [0.1, 0.15) is 22.3 Å². The molecule has 4 rings (SSSR count). The van der Waals surface area contributed by atoms with E-state index in [1.165, 1.54) is 6.08 Å². The van der Waals surface area contributed by atoms with E-state index in [4.69, 9.17) is 4.74 Å². The van der Waals surface area contributed by atoms with Gasteiger partial charge in [-0.2, -0.15) is 0 Å². The number of hydrogen-bond donors (Lipinski definition) is 1. The third-order valence-electron chi connectivity index (χ3n) is 5.09. The Morgan fingerprint density at radius 2 is 1.61 bits per heavy atom. The summed E-state index contributed by atoms with van der Waals surface area (Å²) in [5, 5.41) is 2.26. The Morgan fingerprint density at radius 3 is 2.30 bits per heavy atom. The van der Waals surface area contributed by atoms with Crippen molar-refractivity contribution in [3.63, 3.8) is 0 Å². The lowest BCUT2D eigenvalue weighted by molar-refractivity contribution is -0.122. The van der Waals surface area contributed by atoms with E-state index >= 15 is 0 Å². The number of barbiturate groups is 1. The predicted octanol–water partition coefficient (Wildman–Crippen LogP) is 5.31. The number of imide groups is 2. The molecule has 7 heteroatoms. The maximum atomic E-state index is 13.2. The third kappa shape index (κ3) is 5.04. The van der Waals surface area contributed by atoms with Crippen LogP contribution in [0.2, 0.25) is 0 Å². The molecule has 166 valence electrons. The molecule has 1 aliphatic heterocycles. The van der Waals surface area contributed by atoms with E-state index in [0.29, 0.717) is 23.6 Å². The molecule has 1 heterocycles. The molecule has 33 heavy (non-hydrogen) atoms. The van der Waals surface area contributed by atoms with E-state index in [0.717, 1.165) is 26.1 Å². The third-order valence-corrected chi connectivity index (χ3v) is 5.62. The lowest BCUT2D eigenvalue weighted by atomic mass is 10.0. The summed E-state index contributed by atoms with van der Waals surface area (Å²) < 4.78 is 6.93. The first-order valence-corrected chi connectivity index (χ1v) is 11.1. The average molecular weight is 505 g/mol. The number of carbonyl (C=O) groups excluding carboxylic acids is 3. The highest BCUT2D eigenvalue weighted by Crippen LogP contribution is 2.27. The van der Waals surface area contributed by atoms with Crippen molar-refractivity contribution < 1.29 is 19.1 Å². The van der Waals surface area contributed by atoms with E-state index in [-0.39, 0.29) is 5.57 Å². The van der Waals surface area contributed by atoms with Gasteiger partial charge >= 0.3 is 6.03 Å². The van der Waals surface area contributed by atoms with Crippen molar-refractivity contribution in [2.24, 2.45) is 0 Å². The van der Waals surface area contributed by atoms with E-state index < -0.39 is 17.8 Å². The van der Waals surface area contributed by atoms with Crippen LogP contribution in [0.15, 0.2) is 76.8 Å². The van der Waals surface area contributed by atoms with E-state index in [1.54, 1.807) is 30.3 Å². The highest BCUT2D eigenvalue weighted by atomic mass is 79.9. The first kappa shape index (κ1) is 22.5. The highest BCUT2D eigenvalue weighted by molar-refractivity contribution is 9.10. The minimum absolute atomic E-state index is 0.145. The summed E-state index contributed by atoms with van der Waals surface area (Å²) in [4.78, 5) is 39.3. The van der Waals surface area contributed by atoms with Gasteiger partial charge in [-0.3, -0.25) is 14.9 Å². The minimum Gasteiger partial charge on any atom is -0.488 e. The van der Waals surface area contributed by atoms with Gasteiger partial charge in [0.2, 0.25) is 0 Å². The predicted molar refractivity (Wildman–Crippen MR) is 130 cm³/mol. The summed E-state index contributed by atoms with van der Waals surface area (Å²) >= 11 is 3.41. The summed E-state index contributed by atoms with van der Waals surface area (Å²) in [7, 11) is 0. The number of urea groups is 1. The molecule has 0 radical (unpaired) electrons. The Hall–Kier alpha value is -3.71. The molecule has 0 spiro atoms. The fourth-order valence-corrected chi connectivity index (χ4v) is 3.86. The number of hydrogen-bond acceptors (Lipinski definition) is 4. The Kier molecular flexibility index (Phi) is 6.42. The van der Waals surface area contributed by atoms with Gasteiger partial charge in [-0.25, -0.2) is 9.69 Å². The highest BCUT2D eigenvalue weighted by Gasteiger charge is 2.37. The molecule has 0 bridgehead atoms. The summed E-state index contributed by atoms with van der Waals surface area (Å²) in [6, 6.07) is 19.5. The number of amides is 4. The second-order valence-electron chi connectivity index (χ2n) is 7.76. The van der Waals surface area contributed by atoms with Crippen molar-refractivity contribution >= 4 is 45.5 Å². The SMILES string of the molecule is Cc1cc(C)cc(N2C(=O)NC(=O)/C(=C\c3ccccc3OCc3ccc(Br)cc3)C2=O)c1. The largest absolute Gasteiger partial charge is 0.488 e. The van der Waals surface area contributed by atoms with Gasteiger partial charge in [-0.1, -0.05) is 52.3 Å². The van der Waals surface area contributed by atoms with Crippen LogP contribution >= 0.6 is 15.9 Å². The summed E-state index contributed by atoms with van der Waals surface area (Å²) in [6.07, 6.45) is 1.46. The van der Waals surface area contributed by atoms with E-state index in [9.17, 15) is 14.4 Å². The zero-order valence-electron chi connectivity index (χ0n) is 18.1. The Balaban J connectivity index is 1.65. The van der Waals surface area contributed by atoms with Crippen molar-refractivity contribution in [1.29, 1.82) is 0 Å². The molecule has 0 aromatic heterocycles. The van der Waals surface area contributed by atoms with Crippen LogP contribution < -0.4 is 15.0 Å². The Bertz CT molecular complexity index is 1260. The van der Waals surface area contributed by atoms with E-state index in [1.807, 2.05) is 50.2 Å². The van der Waals surface area contributed by atoms with Crippen LogP contribution in [0, 0.1) is 13.8 Å². The molecule has 0 aliphatic carbocycles. The molecular formula is C26H21BrN2O4. The van der Waals surface area contributed by atoms with Crippen LogP contribution in [0.25, 0.3) is 6.08 Å². The van der Waals surface area contributed by atoms with Crippen LogP contribution in [-0.2, 0) is 16.2 Å². The molecule has 3 aromatic rings. The van der Waals surface area contributed by atoms with Gasteiger partial charge in [0, 0.05) is 10.0 Å². The quantitative estimate of drug-likeness (QED) is 0.377. The van der Waals surface area contributed by atoms with Crippen molar-refractivity contribution in [3.05, 3.63) is 99.0 Å². The Labute approximate surface area is 200 Å². The second kappa shape index (κ2) is 9.42. The fraction of sp³-hybridized carbons (Fsp3) is 0.115. The number of rotatable bonds is 5.